The first-order valence-electron chi connectivity index (χ1n) is 5.84. The summed E-state index contributed by atoms with van der Waals surface area (Å²) in [5.41, 5.74) is -0.952. The molecule has 0 aliphatic carbocycles. The molecule has 0 aliphatic heterocycles. The van der Waals surface area contributed by atoms with Crippen LogP contribution in [0.3, 0.4) is 0 Å². The van der Waals surface area contributed by atoms with Gasteiger partial charge in [0.15, 0.2) is 5.78 Å². The van der Waals surface area contributed by atoms with Gasteiger partial charge >= 0.3 is 12.1 Å². The molecule has 5 nitrogen and oxygen atoms in total. The van der Waals surface area contributed by atoms with Gasteiger partial charge < -0.3 is 10.4 Å². The second-order valence-electron chi connectivity index (χ2n) is 4.31. The quantitative estimate of drug-likeness (QED) is 0.813. The van der Waals surface area contributed by atoms with E-state index in [0.717, 1.165) is 24.3 Å². The Labute approximate surface area is 117 Å². The van der Waals surface area contributed by atoms with E-state index in [4.69, 9.17) is 5.11 Å². The second-order valence-corrected chi connectivity index (χ2v) is 4.31. The van der Waals surface area contributed by atoms with Gasteiger partial charge in [-0.15, -0.1) is 0 Å². The number of hydrogen-bond acceptors (Lipinski definition) is 3. The Kier molecular flexibility index (Phi) is 5.07. The lowest BCUT2D eigenvalue weighted by atomic mass is 10.1. The fourth-order valence-electron chi connectivity index (χ4n) is 1.47. The summed E-state index contributed by atoms with van der Waals surface area (Å²) < 4.78 is 37.1. The minimum Gasteiger partial charge on any atom is -0.481 e. The van der Waals surface area contributed by atoms with E-state index in [9.17, 15) is 27.6 Å². The van der Waals surface area contributed by atoms with Crippen LogP contribution in [0.4, 0.5) is 13.2 Å². The van der Waals surface area contributed by atoms with Crippen LogP contribution in [0.15, 0.2) is 24.3 Å². The van der Waals surface area contributed by atoms with Gasteiger partial charge in [-0.3, -0.25) is 14.4 Å². The Morgan fingerprint density at radius 3 is 2.14 bits per heavy atom. The highest BCUT2D eigenvalue weighted by Crippen LogP contribution is 2.29. The third kappa shape index (κ3) is 4.90. The molecular weight excluding hydrogens is 291 g/mol. The van der Waals surface area contributed by atoms with Crippen LogP contribution in [0.25, 0.3) is 0 Å². The number of amides is 1. The van der Waals surface area contributed by atoms with Gasteiger partial charge in [-0.25, -0.2) is 0 Å². The molecule has 0 spiro atoms. The van der Waals surface area contributed by atoms with Gasteiger partial charge in [0.05, 0.1) is 11.6 Å². The number of carbonyl (C=O) groups is 3. The minimum absolute atomic E-state index is 0.0574. The van der Waals surface area contributed by atoms with Crippen LogP contribution in [0.1, 0.15) is 29.3 Å². The van der Waals surface area contributed by atoms with Crippen LogP contribution >= 0.6 is 0 Å². The third-order valence-corrected chi connectivity index (χ3v) is 2.63. The maximum Gasteiger partial charge on any atom is 0.416 e. The molecule has 0 aliphatic rings. The van der Waals surface area contributed by atoms with Crippen LogP contribution in [0, 0.1) is 0 Å². The molecule has 0 saturated carbocycles. The molecule has 1 atom stereocenters. The summed E-state index contributed by atoms with van der Waals surface area (Å²) >= 11 is 0. The normalized spacial score (nSPS) is 12.6. The van der Waals surface area contributed by atoms with Crippen molar-refractivity contribution in [3.63, 3.8) is 0 Å². The van der Waals surface area contributed by atoms with Crippen LogP contribution in [-0.4, -0.2) is 28.8 Å². The number of carboxylic acids is 1. The monoisotopic (exact) mass is 303 g/mol. The average molecular weight is 303 g/mol. The van der Waals surface area contributed by atoms with Crippen molar-refractivity contribution in [1.29, 1.82) is 0 Å². The molecule has 1 amide bonds. The molecular formula is C13H12F3NO4. The molecule has 0 radical (unpaired) electrons. The molecule has 2 N–H and O–H groups in total. The number of carboxylic acid groups (broad SMARTS) is 1. The maximum absolute atomic E-state index is 12.4. The lowest BCUT2D eigenvalue weighted by Gasteiger charge is -2.12. The SMILES string of the molecule is CC(NC(=O)c1ccc(C(F)(F)F)cc1)C(=O)CC(=O)O. The largest absolute Gasteiger partial charge is 0.481 e. The van der Waals surface area contributed by atoms with Gasteiger partial charge in [0.25, 0.3) is 5.91 Å². The smallest absolute Gasteiger partial charge is 0.416 e. The van der Waals surface area contributed by atoms with E-state index in [-0.39, 0.29) is 5.56 Å². The Bertz CT molecular complexity index is 552. The van der Waals surface area contributed by atoms with E-state index in [1.165, 1.54) is 6.92 Å². The number of nitrogens with one attached hydrogen (secondary N) is 1. The Morgan fingerprint density at radius 2 is 1.71 bits per heavy atom. The highest BCUT2D eigenvalue weighted by atomic mass is 19.4. The van der Waals surface area contributed by atoms with Gasteiger partial charge in [-0.05, 0) is 31.2 Å². The van der Waals surface area contributed by atoms with Gasteiger partial charge in [0.1, 0.15) is 6.42 Å². The van der Waals surface area contributed by atoms with E-state index in [1.54, 1.807) is 0 Å². The fraction of sp³-hybridized carbons (Fsp3) is 0.308. The molecule has 114 valence electrons. The lowest BCUT2D eigenvalue weighted by molar-refractivity contribution is -0.141. The molecule has 1 rings (SSSR count). The van der Waals surface area contributed by atoms with Gasteiger partial charge in [-0.1, -0.05) is 0 Å². The number of alkyl halides is 3. The molecule has 1 unspecified atom stereocenters. The van der Waals surface area contributed by atoms with E-state index in [2.05, 4.69) is 5.32 Å². The number of aliphatic carboxylic acids is 1. The van der Waals surface area contributed by atoms with Crippen molar-refractivity contribution < 1.29 is 32.7 Å². The highest BCUT2D eigenvalue weighted by molar-refractivity contribution is 6.02. The van der Waals surface area contributed by atoms with Crippen molar-refractivity contribution in [2.45, 2.75) is 25.6 Å². The molecule has 21 heavy (non-hydrogen) atoms. The summed E-state index contributed by atoms with van der Waals surface area (Å²) in [6, 6.07) is 2.41. The summed E-state index contributed by atoms with van der Waals surface area (Å²) in [5, 5.41) is 10.7. The molecule has 1 aromatic carbocycles. The minimum atomic E-state index is -4.50. The molecule has 0 heterocycles. The first-order valence-corrected chi connectivity index (χ1v) is 5.84. The second kappa shape index (κ2) is 6.38. The molecule has 1 aromatic rings. The zero-order chi connectivity index (χ0) is 16.2. The molecule has 8 heteroatoms. The number of ketones is 1. The third-order valence-electron chi connectivity index (χ3n) is 2.63. The Morgan fingerprint density at radius 1 is 1.19 bits per heavy atom. The van der Waals surface area contributed by atoms with E-state index in [1.807, 2.05) is 0 Å². The number of Topliss-reactive ketones (excluding diaryl/α,β-unsaturated/α-hetero) is 1. The van der Waals surface area contributed by atoms with Crippen molar-refractivity contribution in [2.75, 3.05) is 0 Å². The standard InChI is InChI=1S/C13H12F3NO4/c1-7(10(18)6-11(19)20)17-12(21)8-2-4-9(5-3-8)13(14,15)16/h2-5,7H,6H2,1H3,(H,17,21)(H,19,20). The van der Waals surface area contributed by atoms with Crippen LogP contribution in [0.5, 0.6) is 0 Å². The van der Waals surface area contributed by atoms with E-state index < -0.39 is 41.9 Å². The number of carbonyl (C=O) groups excluding carboxylic acids is 2. The number of benzene rings is 1. The van der Waals surface area contributed by atoms with Crippen LogP contribution in [0.2, 0.25) is 0 Å². The summed E-state index contributed by atoms with van der Waals surface area (Å²) in [6.45, 7) is 1.30. The number of halogens is 3. The maximum atomic E-state index is 12.4. The highest BCUT2D eigenvalue weighted by Gasteiger charge is 2.30. The summed E-state index contributed by atoms with van der Waals surface area (Å²) in [4.78, 5) is 33.4. The topological polar surface area (TPSA) is 83.5 Å². The molecule has 0 saturated heterocycles. The zero-order valence-corrected chi connectivity index (χ0v) is 10.9. The molecule has 0 aromatic heterocycles. The van der Waals surface area contributed by atoms with E-state index in [0.29, 0.717) is 0 Å². The summed E-state index contributed by atoms with van der Waals surface area (Å²) in [7, 11) is 0. The van der Waals surface area contributed by atoms with Crippen molar-refractivity contribution in [2.24, 2.45) is 0 Å². The van der Waals surface area contributed by atoms with Gasteiger partial charge in [0, 0.05) is 5.56 Å². The van der Waals surface area contributed by atoms with Gasteiger partial charge in [0.2, 0.25) is 0 Å². The predicted octanol–water partition coefficient (Wildman–Crippen LogP) is 1.87. The summed E-state index contributed by atoms with van der Waals surface area (Å²) in [6.07, 6.45) is -5.24. The van der Waals surface area contributed by atoms with Crippen molar-refractivity contribution in [3.05, 3.63) is 35.4 Å². The molecule has 0 fully saturated rings. The number of hydrogen-bond donors (Lipinski definition) is 2. The van der Waals surface area contributed by atoms with Crippen molar-refractivity contribution in [1.82, 2.24) is 5.32 Å². The van der Waals surface area contributed by atoms with Crippen LogP contribution < -0.4 is 5.32 Å². The average Bonchev–Trinajstić information content (AvgIpc) is 2.36. The summed E-state index contributed by atoms with van der Waals surface area (Å²) in [5.74, 6) is -2.78. The number of rotatable bonds is 5. The van der Waals surface area contributed by atoms with Gasteiger partial charge in [-0.2, -0.15) is 13.2 Å². The van der Waals surface area contributed by atoms with Crippen molar-refractivity contribution in [3.8, 4) is 0 Å². The van der Waals surface area contributed by atoms with E-state index >= 15 is 0 Å². The predicted molar refractivity (Wildman–Crippen MR) is 65.6 cm³/mol. The first kappa shape index (κ1) is 16.7. The Hall–Kier alpha value is -2.38. The van der Waals surface area contributed by atoms with Crippen LogP contribution in [-0.2, 0) is 15.8 Å². The molecule has 0 bridgehead atoms. The first-order chi connectivity index (χ1) is 9.61. The zero-order valence-electron chi connectivity index (χ0n) is 10.9. The Balaban J connectivity index is 2.72. The van der Waals surface area contributed by atoms with Crippen molar-refractivity contribution >= 4 is 17.7 Å². The fourth-order valence-corrected chi connectivity index (χ4v) is 1.47. The lowest BCUT2D eigenvalue weighted by Crippen LogP contribution is -2.39.